The molecular formula is C10H15N. The van der Waals surface area contributed by atoms with Crippen molar-refractivity contribution in [1.29, 1.82) is 0 Å². The van der Waals surface area contributed by atoms with E-state index in [0.29, 0.717) is 6.54 Å². The highest BCUT2D eigenvalue weighted by molar-refractivity contribution is 5.53. The smallest absolute Gasteiger partial charge is 0.0640 e. The van der Waals surface area contributed by atoms with Crippen LogP contribution in [0.2, 0.25) is 0 Å². The van der Waals surface area contributed by atoms with Gasteiger partial charge >= 0.3 is 0 Å². The SMILES string of the molecule is C=C(C)C(C)=C=CCN=CC. The van der Waals surface area contributed by atoms with Gasteiger partial charge in [0.15, 0.2) is 0 Å². The lowest BCUT2D eigenvalue weighted by Crippen LogP contribution is -1.73. The van der Waals surface area contributed by atoms with Crippen LogP contribution in [0.5, 0.6) is 0 Å². The molecule has 11 heavy (non-hydrogen) atoms. The van der Waals surface area contributed by atoms with Gasteiger partial charge in [-0.2, -0.15) is 0 Å². The van der Waals surface area contributed by atoms with Crippen LogP contribution in [-0.2, 0) is 0 Å². The minimum Gasteiger partial charge on any atom is -0.293 e. The Morgan fingerprint density at radius 2 is 2.18 bits per heavy atom. The molecule has 0 saturated heterocycles. The van der Waals surface area contributed by atoms with Gasteiger partial charge in [0.2, 0.25) is 0 Å². The van der Waals surface area contributed by atoms with Gasteiger partial charge in [0.1, 0.15) is 0 Å². The highest BCUT2D eigenvalue weighted by Gasteiger charge is 1.82. The Bertz CT molecular complexity index is 215. The predicted octanol–water partition coefficient (Wildman–Crippen LogP) is 2.75. The van der Waals surface area contributed by atoms with Crippen LogP contribution < -0.4 is 0 Å². The van der Waals surface area contributed by atoms with Gasteiger partial charge in [-0.3, -0.25) is 4.99 Å². The van der Waals surface area contributed by atoms with Crippen LogP contribution in [0.25, 0.3) is 0 Å². The first-order valence-corrected chi connectivity index (χ1v) is 3.70. The largest absolute Gasteiger partial charge is 0.293 e. The highest BCUT2D eigenvalue weighted by Crippen LogP contribution is 2.01. The maximum atomic E-state index is 4.02. The van der Waals surface area contributed by atoms with Crippen molar-refractivity contribution in [3.63, 3.8) is 0 Å². The normalized spacial score (nSPS) is 9.36. The summed E-state index contributed by atoms with van der Waals surface area (Å²) in [7, 11) is 0. The third-order valence-electron chi connectivity index (χ3n) is 1.34. The Hall–Kier alpha value is -1.07. The molecule has 60 valence electrons. The minimum absolute atomic E-state index is 0.709. The first-order valence-electron chi connectivity index (χ1n) is 3.70. The molecule has 1 heteroatoms. The van der Waals surface area contributed by atoms with E-state index < -0.39 is 0 Å². The Morgan fingerprint density at radius 3 is 2.64 bits per heavy atom. The van der Waals surface area contributed by atoms with E-state index in [1.165, 1.54) is 0 Å². The summed E-state index contributed by atoms with van der Waals surface area (Å²) in [5.41, 5.74) is 5.25. The van der Waals surface area contributed by atoms with Crippen molar-refractivity contribution < 1.29 is 0 Å². The van der Waals surface area contributed by atoms with Gasteiger partial charge < -0.3 is 0 Å². The molecule has 0 heterocycles. The number of nitrogens with zero attached hydrogens (tertiary/aromatic N) is 1. The third-order valence-corrected chi connectivity index (χ3v) is 1.34. The molecule has 0 aromatic carbocycles. The zero-order chi connectivity index (χ0) is 8.69. The first-order chi connectivity index (χ1) is 5.18. The molecule has 0 N–H and O–H groups in total. The van der Waals surface area contributed by atoms with E-state index in [4.69, 9.17) is 0 Å². The van der Waals surface area contributed by atoms with Crippen LogP contribution in [0.15, 0.2) is 34.5 Å². The Morgan fingerprint density at radius 1 is 1.55 bits per heavy atom. The van der Waals surface area contributed by atoms with Gasteiger partial charge in [0, 0.05) is 0 Å². The molecule has 0 amide bonds. The maximum Gasteiger partial charge on any atom is 0.0640 e. The Balaban J connectivity index is 4.06. The van der Waals surface area contributed by atoms with Gasteiger partial charge in [-0.05, 0) is 44.2 Å². The van der Waals surface area contributed by atoms with Crippen molar-refractivity contribution >= 4 is 6.21 Å². The maximum absolute atomic E-state index is 4.02. The number of rotatable bonds is 3. The summed E-state index contributed by atoms with van der Waals surface area (Å²) in [6, 6.07) is 0. The fourth-order valence-electron chi connectivity index (χ4n) is 0.480. The zero-order valence-corrected chi connectivity index (χ0v) is 7.52. The molecule has 0 aliphatic rings. The van der Waals surface area contributed by atoms with Crippen molar-refractivity contribution in [1.82, 2.24) is 0 Å². The quantitative estimate of drug-likeness (QED) is 0.332. The predicted molar refractivity (Wildman–Crippen MR) is 51.1 cm³/mol. The van der Waals surface area contributed by atoms with Crippen LogP contribution in [0.1, 0.15) is 20.8 Å². The second-order valence-electron chi connectivity index (χ2n) is 2.38. The van der Waals surface area contributed by atoms with Gasteiger partial charge in [-0.15, -0.1) is 5.73 Å². The molecule has 0 aliphatic heterocycles. The van der Waals surface area contributed by atoms with Crippen LogP contribution in [-0.4, -0.2) is 12.8 Å². The lowest BCUT2D eigenvalue weighted by molar-refractivity contribution is 1.25. The lowest BCUT2D eigenvalue weighted by Gasteiger charge is -1.90. The molecular weight excluding hydrogens is 134 g/mol. The lowest BCUT2D eigenvalue weighted by atomic mass is 10.2. The summed E-state index contributed by atoms with van der Waals surface area (Å²) in [6.07, 6.45) is 3.69. The highest BCUT2D eigenvalue weighted by atomic mass is 14.7. The van der Waals surface area contributed by atoms with Crippen LogP contribution in [0.4, 0.5) is 0 Å². The first kappa shape index (κ1) is 9.93. The van der Waals surface area contributed by atoms with Gasteiger partial charge in [-0.25, -0.2) is 0 Å². The summed E-state index contributed by atoms with van der Waals surface area (Å²) < 4.78 is 0. The summed E-state index contributed by atoms with van der Waals surface area (Å²) >= 11 is 0. The van der Waals surface area contributed by atoms with E-state index in [2.05, 4.69) is 17.3 Å². The van der Waals surface area contributed by atoms with Crippen molar-refractivity contribution in [2.24, 2.45) is 4.99 Å². The van der Waals surface area contributed by atoms with E-state index in [1.54, 1.807) is 6.21 Å². The number of hydrogen-bond donors (Lipinski definition) is 0. The minimum atomic E-state index is 0.709. The molecule has 0 spiro atoms. The summed E-state index contributed by atoms with van der Waals surface area (Å²) in [6.45, 7) is 10.4. The summed E-state index contributed by atoms with van der Waals surface area (Å²) in [5.74, 6) is 0. The topological polar surface area (TPSA) is 12.4 Å². The van der Waals surface area contributed by atoms with E-state index in [1.807, 2.05) is 26.8 Å². The van der Waals surface area contributed by atoms with E-state index >= 15 is 0 Å². The molecule has 1 nitrogen and oxygen atoms in total. The van der Waals surface area contributed by atoms with E-state index in [-0.39, 0.29) is 0 Å². The molecule has 0 rings (SSSR count). The molecule has 0 aromatic heterocycles. The molecule has 0 aromatic rings. The van der Waals surface area contributed by atoms with Crippen LogP contribution >= 0.6 is 0 Å². The number of aliphatic imine (C=N–C) groups is 1. The van der Waals surface area contributed by atoms with Crippen molar-refractivity contribution in [2.45, 2.75) is 20.8 Å². The number of hydrogen-bond acceptors (Lipinski definition) is 1. The molecule has 0 atom stereocenters. The molecule has 0 bridgehead atoms. The summed E-state index contributed by atoms with van der Waals surface area (Å²) in [4.78, 5) is 4.02. The average Bonchev–Trinajstić information content (AvgIpc) is 1.97. The van der Waals surface area contributed by atoms with Crippen LogP contribution in [0, 0.1) is 0 Å². The van der Waals surface area contributed by atoms with Gasteiger partial charge in [-0.1, -0.05) is 6.58 Å². The fourth-order valence-corrected chi connectivity index (χ4v) is 0.480. The second-order valence-corrected chi connectivity index (χ2v) is 2.38. The van der Waals surface area contributed by atoms with Crippen molar-refractivity contribution in [2.75, 3.05) is 6.54 Å². The summed E-state index contributed by atoms with van der Waals surface area (Å²) in [5, 5.41) is 0. The molecule has 0 radical (unpaired) electrons. The van der Waals surface area contributed by atoms with Gasteiger partial charge in [0.05, 0.1) is 6.54 Å². The standard InChI is InChI=1S/C10H15N/c1-5-11-8-6-7-10(4)9(2)3/h5-6H,2,8H2,1,3-4H3. The molecule has 0 aliphatic carbocycles. The van der Waals surface area contributed by atoms with E-state index in [9.17, 15) is 0 Å². The third kappa shape index (κ3) is 5.38. The monoisotopic (exact) mass is 149 g/mol. The van der Waals surface area contributed by atoms with Crippen molar-refractivity contribution in [3.05, 3.63) is 29.5 Å². The van der Waals surface area contributed by atoms with Gasteiger partial charge in [0.25, 0.3) is 0 Å². The van der Waals surface area contributed by atoms with Crippen LogP contribution in [0.3, 0.4) is 0 Å². The number of allylic oxidation sites excluding steroid dienone is 1. The Labute approximate surface area is 68.9 Å². The second kappa shape index (κ2) is 5.70. The van der Waals surface area contributed by atoms with E-state index in [0.717, 1.165) is 11.1 Å². The fraction of sp³-hybridized carbons (Fsp3) is 0.400. The average molecular weight is 149 g/mol. The Kier molecular flexibility index (Phi) is 5.14. The molecule has 0 fully saturated rings. The molecule has 0 unspecified atom stereocenters. The molecule has 0 saturated carbocycles. The van der Waals surface area contributed by atoms with Crippen molar-refractivity contribution in [3.8, 4) is 0 Å². The zero-order valence-electron chi connectivity index (χ0n) is 7.52.